The summed E-state index contributed by atoms with van der Waals surface area (Å²) < 4.78 is 5.85. The van der Waals surface area contributed by atoms with Crippen molar-refractivity contribution in [2.24, 2.45) is 5.10 Å². The number of benzene rings is 2. The summed E-state index contributed by atoms with van der Waals surface area (Å²) in [5.74, 6) is 0.252. The maximum Gasteiger partial charge on any atom is 0.240 e. The van der Waals surface area contributed by atoms with Crippen molar-refractivity contribution in [2.45, 2.75) is 19.8 Å². The first kappa shape index (κ1) is 18.0. The van der Waals surface area contributed by atoms with Crippen LogP contribution in [0, 0.1) is 0 Å². The van der Waals surface area contributed by atoms with Crippen molar-refractivity contribution in [3.8, 4) is 11.5 Å². The number of nitrogens with zero attached hydrogens (tertiary/aromatic N) is 1. The van der Waals surface area contributed by atoms with Gasteiger partial charge in [0.25, 0.3) is 0 Å². The van der Waals surface area contributed by atoms with Gasteiger partial charge in [-0.2, -0.15) is 5.10 Å². The van der Waals surface area contributed by atoms with Crippen LogP contribution in [0.1, 0.15) is 24.5 Å². The Labute approximate surface area is 149 Å². The zero-order valence-electron chi connectivity index (χ0n) is 13.3. The first-order valence-corrected chi connectivity index (χ1v) is 8.40. The number of nitrogens with one attached hydrogen (secondary N) is 1. The Kier molecular flexibility index (Phi) is 6.81. The molecule has 24 heavy (non-hydrogen) atoms. The minimum Gasteiger partial charge on any atom is -0.503 e. The Hall–Kier alpha value is -2.34. The SMILES string of the molecule is CCOc1cc(/C=N\NC(=O)CCc2ccccc2)cc(Br)c1O. The van der Waals surface area contributed by atoms with E-state index in [1.54, 1.807) is 12.1 Å². The van der Waals surface area contributed by atoms with Crippen LogP contribution in [0.3, 0.4) is 0 Å². The molecule has 0 aromatic heterocycles. The normalized spacial score (nSPS) is 10.8. The van der Waals surface area contributed by atoms with Gasteiger partial charge in [-0.1, -0.05) is 30.3 Å². The van der Waals surface area contributed by atoms with E-state index in [0.717, 1.165) is 5.56 Å². The van der Waals surface area contributed by atoms with Crippen LogP contribution in [0.15, 0.2) is 52.0 Å². The molecule has 6 heteroatoms. The molecule has 2 aromatic carbocycles. The average Bonchev–Trinajstić information content (AvgIpc) is 2.58. The Balaban J connectivity index is 1.90. The lowest BCUT2D eigenvalue weighted by Gasteiger charge is -2.08. The second kappa shape index (κ2) is 9.08. The van der Waals surface area contributed by atoms with Gasteiger partial charge in [-0.3, -0.25) is 4.79 Å². The third kappa shape index (κ3) is 5.38. The topological polar surface area (TPSA) is 70.9 Å². The molecule has 2 rings (SSSR count). The van der Waals surface area contributed by atoms with Crippen LogP contribution < -0.4 is 10.2 Å². The molecule has 0 aliphatic heterocycles. The molecule has 0 bridgehead atoms. The first-order chi connectivity index (χ1) is 11.6. The number of carbonyl (C=O) groups excluding carboxylic acids is 1. The number of amides is 1. The van der Waals surface area contributed by atoms with Gasteiger partial charge in [0, 0.05) is 6.42 Å². The smallest absolute Gasteiger partial charge is 0.240 e. The van der Waals surface area contributed by atoms with Gasteiger partial charge in [-0.25, -0.2) is 5.43 Å². The number of aromatic hydroxyl groups is 1. The lowest BCUT2D eigenvalue weighted by atomic mass is 10.1. The number of hydrogen-bond acceptors (Lipinski definition) is 4. The third-order valence-corrected chi connectivity index (χ3v) is 3.84. The maximum absolute atomic E-state index is 11.8. The molecule has 0 radical (unpaired) electrons. The second-order valence-electron chi connectivity index (χ2n) is 5.06. The Morgan fingerprint density at radius 2 is 2.08 bits per heavy atom. The third-order valence-electron chi connectivity index (χ3n) is 3.24. The molecule has 0 heterocycles. The highest BCUT2D eigenvalue weighted by atomic mass is 79.9. The molecule has 0 saturated carbocycles. The fourth-order valence-corrected chi connectivity index (χ4v) is 2.53. The van der Waals surface area contributed by atoms with Gasteiger partial charge in [-0.05, 0) is 52.5 Å². The Bertz CT molecular complexity index is 718. The number of carbonyl (C=O) groups is 1. The average molecular weight is 391 g/mol. The van der Waals surface area contributed by atoms with E-state index >= 15 is 0 Å². The molecule has 0 unspecified atom stereocenters. The molecular formula is C18H19BrN2O3. The van der Waals surface area contributed by atoms with Gasteiger partial charge in [-0.15, -0.1) is 0 Å². The largest absolute Gasteiger partial charge is 0.503 e. The first-order valence-electron chi connectivity index (χ1n) is 7.61. The lowest BCUT2D eigenvalue weighted by molar-refractivity contribution is -0.121. The van der Waals surface area contributed by atoms with E-state index in [4.69, 9.17) is 4.74 Å². The van der Waals surface area contributed by atoms with Crippen molar-refractivity contribution in [3.63, 3.8) is 0 Å². The molecule has 2 N–H and O–H groups in total. The van der Waals surface area contributed by atoms with Crippen LogP contribution in [0.25, 0.3) is 0 Å². The molecule has 0 aliphatic carbocycles. The standard InChI is InChI=1S/C18H19BrN2O3/c1-2-24-16-11-14(10-15(19)18(16)23)12-20-21-17(22)9-8-13-6-4-3-5-7-13/h3-7,10-12,23H,2,8-9H2,1H3,(H,21,22)/b20-12-. The number of hydrazone groups is 1. The van der Waals surface area contributed by atoms with Crippen LogP contribution in [0.4, 0.5) is 0 Å². The molecule has 5 nitrogen and oxygen atoms in total. The van der Waals surface area contributed by atoms with Crippen molar-refractivity contribution in [1.82, 2.24) is 5.43 Å². The second-order valence-corrected chi connectivity index (χ2v) is 5.92. The minimum absolute atomic E-state index is 0.0425. The monoisotopic (exact) mass is 390 g/mol. The van der Waals surface area contributed by atoms with Crippen LogP contribution in [-0.2, 0) is 11.2 Å². The predicted molar refractivity (Wildman–Crippen MR) is 97.5 cm³/mol. The molecule has 0 aliphatic rings. The summed E-state index contributed by atoms with van der Waals surface area (Å²) >= 11 is 3.26. The van der Waals surface area contributed by atoms with E-state index in [2.05, 4.69) is 26.5 Å². The highest BCUT2D eigenvalue weighted by Gasteiger charge is 2.08. The molecule has 2 aromatic rings. The number of aryl methyl sites for hydroxylation is 1. The molecule has 0 saturated heterocycles. The van der Waals surface area contributed by atoms with Gasteiger partial charge >= 0.3 is 0 Å². The van der Waals surface area contributed by atoms with Crippen molar-refractivity contribution >= 4 is 28.1 Å². The van der Waals surface area contributed by atoms with E-state index in [-0.39, 0.29) is 11.7 Å². The van der Waals surface area contributed by atoms with Gasteiger partial charge in [0.1, 0.15) is 0 Å². The number of rotatable bonds is 7. The van der Waals surface area contributed by atoms with Crippen molar-refractivity contribution in [3.05, 3.63) is 58.1 Å². The highest BCUT2D eigenvalue weighted by Crippen LogP contribution is 2.34. The van der Waals surface area contributed by atoms with Crippen LogP contribution in [0.5, 0.6) is 11.5 Å². The number of phenolic OH excluding ortho intramolecular Hbond substituents is 1. The zero-order valence-corrected chi connectivity index (χ0v) is 14.9. The van der Waals surface area contributed by atoms with Gasteiger partial charge in [0.2, 0.25) is 5.91 Å². The molecule has 0 spiro atoms. The molecule has 0 fully saturated rings. The summed E-state index contributed by atoms with van der Waals surface area (Å²) in [7, 11) is 0. The molecular weight excluding hydrogens is 372 g/mol. The summed E-state index contributed by atoms with van der Waals surface area (Å²) in [6, 6.07) is 13.2. The predicted octanol–water partition coefficient (Wildman–Crippen LogP) is 3.64. The van der Waals surface area contributed by atoms with Gasteiger partial charge in [0.05, 0.1) is 17.3 Å². The fourth-order valence-electron chi connectivity index (χ4n) is 2.07. The van der Waals surface area contributed by atoms with Gasteiger partial charge in [0.15, 0.2) is 11.5 Å². The van der Waals surface area contributed by atoms with E-state index in [9.17, 15) is 9.90 Å². The molecule has 1 amide bonds. The number of hydrogen-bond donors (Lipinski definition) is 2. The number of phenols is 1. The Morgan fingerprint density at radius 1 is 1.33 bits per heavy atom. The van der Waals surface area contributed by atoms with Gasteiger partial charge < -0.3 is 9.84 Å². The quantitative estimate of drug-likeness (QED) is 0.559. The van der Waals surface area contributed by atoms with E-state index in [0.29, 0.717) is 35.2 Å². The van der Waals surface area contributed by atoms with Crippen molar-refractivity contribution < 1.29 is 14.6 Å². The lowest BCUT2D eigenvalue weighted by Crippen LogP contribution is -2.17. The minimum atomic E-state index is -0.155. The van der Waals surface area contributed by atoms with Crippen LogP contribution in [-0.4, -0.2) is 23.8 Å². The highest BCUT2D eigenvalue weighted by molar-refractivity contribution is 9.10. The molecule has 0 atom stereocenters. The maximum atomic E-state index is 11.8. The summed E-state index contributed by atoms with van der Waals surface area (Å²) in [6.45, 7) is 2.28. The summed E-state index contributed by atoms with van der Waals surface area (Å²) in [5, 5.41) is 13.8. The van der Waals surface area contributed by atoms with Crippen LogP contribution in [0.2, 0.25) is 0 Å². The summed E-state index contributed by atoms with van der Waals surface area (Å²) in [4.78, 5) is 11.8. The van der Waals surface area contributed by atoms with Crippen molar-refractivity contribution in [2.75, 3.05) is 6.61 Å². The molecule has 126 valence electrons. The van der Waals surface area contributed by atoms with E-state index in [1.807, 2.05) is 37.3 Å². The number of ether oxygens (including phenoxy) is 1. The zero-order chi connectivity index (χ0) is 17.4. The van der Waals surface area contributed by atoms with Crippen LogP contribution >= 0.6 is 15.9 Å². The van der Waals surface area contributed by atoms with E-state index in [1.165, 1.54) is 6.21 Å². The van der Waals surface area contributed by atoms with E-state index < -0.39 is 0 Å². The Morgan fingerprint density at radius 3 is 2.79 bits per heavy atom. The van der Waals surface area contributed by atoms with Crippen molar-refractivity contribution in [1.29, 1.82) is 0 Å². The fraction of sp³-hybridized carbons (Fsp3) is 0.222. The summed E-state index contributed by atoms with van der Waals surface area (Å²) in [6.07, 6.45) is 2.54. The summed E-state index contributed by atoms with van der Waals surface area (Å²) in [5.41, 5.74) is 4.31. The number of halogens is 1.